The lowest BCUT2D eigenvalue weighted by Crippen LogP contribution is -2.44. The number of ether oxygens (including phenoxy) is 1. The summed E-state index contributed by atoms with van der Waals surface area (Å²) >= 11 is 0. The van der Waals surface area contributed by atoms with Crippen LogP contribution in [0.5, 0.6) is 0 Å². The first-order valence-corrected chi connectivity index (χ1v) is 8.77. The van der Waals surface area contributed by atoms with Crippen molar-refractivity contribution in [1.29, 1.82) is 0 Å². The third-order valence-corrected chi connectivity index (χ3v) is 4.70. The zero-order chi connectivity index (χ0) is 18.8. The summed E-state index contributed by atoms with van der Waals surface area (Å²) in [7, 11) is 1.48. The summed E-state index contributed by atoms with van der Waals surface area (Å²) in [4.78, 5) is 38.7. The van der Waals surface area contributed by atoms with Gasteiger partial charge >= 0.3 is 5.97 Å². The summed E-state index contributed by atoms with van der Waals surface area (Å²) in [5.41, 5.74) is -0.250. The molecule has 0 N–H and O–H groups in total. The number of benzene rings is 1. The number of hydrogen-bond acceptors (Lipinski definition) is 5. The number of aryl methyl sites for hydroxylation is 1. The van der Waals surface area contributed by atoms with Crippen molar-refractivity contribution < 1.29 is 14.3 Å². The minimum absolute atomic E-state index is 0.0379. The van der Waals surface area contributed by atoms with Crippen molar-refractivity contribution in [1.82, 2.24) is 14.7 Å². The van der Waals surface area contributed by atoms with Crippen LogP contribution in [0.2, 0.25) is 0 Å². The Kier molecular flexibility index (Phi) is 5.06. The zero-order valence-electron chi connectivity index (χ0n) is 15.3. The van der Waals surface area contributed by atoms with Gasteiger partial charge in [0, 0.05) is 25.5 Å². The third kappa shape index (κ3) is 3.61. The fraction of sp³-hybridized carbons (Fsp3) is 0.474. The number of rotatable bonds is 3. The number of likely N-dealkylation sites (tertiary alicyclic amines) is 1. The van der Waals surface area contributed by atoms with Gasteiger partial charge in [-0.3, -0.25) is 9.59 Å². The van der Waals surface area contributed by atoms with Crippen LogP contribution < -0.4 is 5.56 Å². The van der Waals surface area contributed by atoms with Crippen LogP contribution in [0.4, 0.5) is 0 Å². The van der Waals surface area contributed by atoms with Crippen LogP contribution in [-0.2, 0) is 16.6 Å². The molecule has 0 bridgehead atoms. The van der Waals surface area contributed by atoms with Gasteiger partial charge in [0.15, 0.2) is 12.3 Å². The van der Waals surface area contributed by atoms with Crippen molar-refractivity contribution in [3.8, 4) is 0 Å². The van der Waals surface area contributed by atoms with Crippen LogP contribution in [0.15, 0.2) is 29.1 Å². The van der Waals surface area contributed by atoms with E-state index >= 15 is 0 Å². The molecule has 0 radical (unpaired) electrons. The number of fused-ring (bicyclic) bond motifs is 1. The van der Waals surface area contributed by atoms with Gasteiger partial charge in [0.1, 0.15) is 0 Å². The van der Waals surface area contributed by atoms with Crippen molar-refractivity contribution in [2.75, 3.05) is 19.7 Å². The maximum atomic E-state index is 12.5. The molecule has 1 aromatic carbocycles. The molecule has 2 aromatic rings. The molecule has 7 nitrogen and oxygen atoms in total. The van der Waals surface area contributed by atoms with Crippen molar-refractivity contribution in [2.45, 2.75) is 20.3 Å². The van der Waals surface area contributed by atoms with Gasteiger partial charge in [0.2, 0.25) is 0 Å². The molecule has 1 fully saturated rings. The number of amides is 1. The number of carbonyl (C=O) groups is 2. The Morgan fingerprint density at radius 2 is 1.77 bits per heavy atom. The first kappa shape index (κ1) is 18.1. The van der Waals surface area contributed by atoms with Crippen LogP contribution in [0, 0.1) is 11.8 Å². The van der Waals surface area contributed by atoms with Gasteiger partial charge < -0.3 is 9.64 Å². The molecular formula is C19H23N3O4. The summed E-state index contributed by atoms with van der Waals surface area (Å²) in [6, 6.07) is 6.73. The number of nitrogens with zero attached hydrogens (tertiary/aromatic N) is 3. The molecule has 1 amide bonds. The summed E-state index contributed by atoms with van der Waals surface area (Å²) in [6.45, 7) is 5.27. The van der Waals surface area contributed by atoms with E-state index in [1.54, 1.807) is 29.2 Å². The Morgan fingerprint density at radius 3 is 2.42 bits per heavy atom. The maximum Gasteiger partial charge on any atom is 0.359 e. The number of hydrogen-bond donors (Lipinski definition) is 0. The topological polar surface area (TPSA) is 81.5 Å². The highest BCUT2D eigenvalue weighted by molar-refractivity contribution is 6.02. The van der Waals surface area contributed by atoms with Gasteiger partial charge in [-0.2, -0.15) is 5.10 Å². The molecular weight excluding hydrogens is 334 g/mol. The van der Waals surface area contributed by atoms with Crippen LogP contribution in [0.25, 0.3) is 10.8 Å². The van der Waals surface area contributed by atoms with Crippen molar-refractivity contribution >= 4 is 22.6 Å². The highest BCUT2D eigenvalue weighted by Gasteiger charge is 2.26. The number of esters is 1. The Bertz CT molecular complexity index is 895. The highest BCUT2D eigenvalue weighted by Crippen LogP contribution is 2.21. The normalized spacial score (nSPS) is 20.2. The first-order chi connectivity index (χ1) is 12.4. The molecule has 1 aliphatic rings. The smallest absolute Gasteiger partial charge is 0.359 e. The van der Waals surface area contributed by atoms with E-state index in [2.05, 4.69) is 18.9 Å². The highest BCUT2D eigenvalue weighted by atomic mass is 16.5. The monoisotopic (exact) mass is 357 g/mol. The molecule has 2 atom stereocenters. The molecule has 0 saturated carbocycles. The molecule has 26 heavy (non-hydrogen) atoms. The predicted octanol–water partition coefficient (Wildman–Crippen LogP) is 1.59. The number of aromatic nitrogens is 2. The number of piperidine rings is 1. The van der Waals surface area contributed by atoms with E-state index in [9.17, 15) is 14.4 Å². The summed E-state index contributed by atoms with van der Waals surface area (Å²) in [5, 5.41) is 4.84. The van der Waals surface area contributed by atoms with Crippen molar-refractivity contribution in [3.63, 3.8) is 0 Å². The minimum atomic E-state index is -0.705. The maximum absolute atomic E-state index is 12.5. The van der Waals surface area contributed by atoms with Crippen LogP contribution in [0.1, 0.15) is 30.8 Å². The van der Waals surface area contributed by atoms with E-state index in [1.807, 2.05) is 0 Å². The molecule has 3 rings (SSSR count). The average molecular weight is 357 g/mol. The lowest BCUT2D eigenvalue weighted by atomic mass is 9.92. The molecule has 0 unspecified atom stereocenters. The number of carbonyl (C=O) groups excluding carboxylic acids is 2. The van der Waals surface area contributed by atoms with E-state index in [-0.39, 0.29) is 23.8 Å². The van der Waals surface area contributed by atoms with E-state index in [4.69, 9.17) is 4.74 Å². The molecule has 1 aliphatic heterocycles. The molecule has 1 saturated heterocycles. The van der Waals surface area contributed by atoms with Gasteiger partial charge in [0.05, 0.1) is 5.39 Å². The van der Waals surface area contributed by atoms with E-state index < -0.39 is 5.97 Å². The van der Waals surface area contributed by atoms with Crippen molar-refractivity contribution in [2.24, 2.45) is 18.9 Å². The third-order valence-electron chi connectivity index (χ3n) is 4.70. The average Bonchev–Trinajstić information content (AvgIpc) is 2.61. The SMILES string of the molecule is C[C@@H]1C[C@@H](C)CN(C(=O)COC(=O)c2nn(C)c(=O)c3ccccc23)C1. The standard InChI is InChI=1S/C19H23N3O4/c1-12-8-13(2)10-22(9-12)16(23)11-26-19(25)17-14-6-4-5-7-15(14)18(24)21(3)20-17/h4-7,12-13H,8-11H2,1-3H3/t12-,13-/m1/s1. The first-order valence-electron chi connectivity index (χ1n) is 8.77. The molecule has 2 heterocycles. The molecule has 1 aromatic heterocycles. The predicted molar refractivity (Wildman–Crippen MR) is 96.8 cm³/mol. The summed E-state index contributed by atoms with van der Waals surface area (Å²) < 4.78 is 6.31. The van der Waals surface area contributed by atoms with Crippen LogP contribution >= 0.6 is 0 Å². The van der Waals surface area contributed by atoms with E-state index in [0.717, 1.165) is 11.1 Å². The Labute approximate surface area is 151 Å². The van der Waals surface area contributed by atoms with Crippen LogP contribution in [0.3, 0.4) is 0 Å². The Morgan fingerprint density at radius 1 is 1.15 bits per heavy atom. The van der Waals surface area contributed by atoms with Crippen LogP contribution in [-0.4, -0.2) is 46.3 Å². The van der Waals surface area contributed by atoms with Gasteiger partial charge in [-0.15, -0.1) is 0 Å². The molecule has 138 valence electrons. The van der Waals surface area contributed by atoms with Gasteiger partial charge in [-0.1, -0.05) is 32.0 Å². The zero-order valence-corrected chi connectivity index (χ0v) is 15.3. The lowest BCUT2D eigenvalue weighted by molar-refractivity contribution is -0.137. The van der Waals surface area contributed by atoms with E-state index in [1.165, 1.54) is 7.05 Å². The Balaban J connectivity index is 1.75. The quantitative estimate of drug-likeness (QED) is 0.779. The lowest BCUT2D eigenvalue weighted by Gasteiger charge is -2.34. The van der Waals surface area contributed by atoms with E-state index in [0.29, 0.717) is 35.7 Å². The fourth-order valence-electron chi connectivity index (χ4n) is 3.60. The summed E-state index contributed by atoms with van der Waals surface area (Å²) in [6.07, 6.45) is 1.09. The second-order valence-electron chi connectivity index (χ2n) is 7.14. The second-order valence-corrected chi connectivity index (χ2v) is 7.14. The van der Waals surface area contributed by atoms with Crippen molar-refractivity contribution in [3.05, 3.63) is 40.3 Å². The Hall–Kier alpha value is -2.70. The fourth-order valence-corrected chi connectivity index (χ4v) is 3.60. The molecule has 0 aliphatic carbocycles. The molecule has 0 spiro atoms. The van der Waals surface area contributed by atoms with Gasteiger partial charge in [0.25, 0.3) is 11.5 Å². The largest absolute Gasteiger partial charge is 0.451 e. The molecule has 7 heteroatoms. The summed E-state index contributed by atoms with van der Waals surface area (Å²) in [5.74, 6) is -0.0329. The second kappa shape index (κ2) is 7.27. The van der Waals surface area contributed by atoms with Gasteiger partial charge in [-0.25, -0.2) is 9.48 Å². The minimum Gasteiger partial charge on any atom is -0.451 e. The van der Waals surface area contributed by atoms with Gasteiger partial charge in [-0.05, 0) is 24.3 Å².